The molecule has 0 bridgehead atoms. The average Bonchev–Trinajstić information content (AvgIpc) is 3.14. The van der Waals surface area contributed by atoms with Crippen LogP contribution >= 0.6 is 12.4 Å². The number of hydrogen-bond acceptors (Lipinski definition) is 4. The zero-order valence-electron chi connectivity index (χ0n) is 14.3. The Morgan fingerprint density at radius 1 is 1.30 bits per heavy atom. The fraction of sp³-hybridized carbons (Fsp3) is 0.750. The molecule has 3 heterocycles. The number of nitrogens with zero attached hydrogens (tertiary/aromatic N) is 4. The molecule has 2 aliphatic heterocycles. The molecule has 2 aliphatic rings. The van der Waals surface area contributed by atoms with Crippen LogP contribution in [0.2, 0.25) is 0 Å². The van der Waals surface area contributed by atoms with Crippen molar-refractivity contribution in [1.29, 1.82) is 0 Å². The van der Waals surface area contributed by atoms with E-state index in [0.29, 0.717) is 17.7 Å². The van der Waals surface area contributed by atoms with Crippen molar-refractivity contribution in [3.63, 3.8) is 0 Å². The molecule has 1 amide bonds. The van der Waals surface area contributed by atoms with Crippen molar-refractivity contribution >= 4 is 18.3 Å². The predicted molar refractivity (Wildman–Crippen MR) is 93.3 cm³/mol. The van der Waals surface area contributed by atoms with Gasteiger partial charge in [0.15, 0.2) is 5.69 Å². The van der Waals surface area contributed by atoms with E-state index in [1.54, 1.807) is 0 Å². The summed E-state index contributed by atoms with van der Waals surface area (Å²) in [5.74, 6) is 0.464. The number of carbonyl (C=O) groups is 1. The van der Waals surface area contributed by atoms with Crippen LogP contribution in [-0.2, 0) is 7.05 Å². The molecule has 23 heavy (non-hydrogen) atoms. The SMILES string of the molecule is CC(C)c1cc(C(=O)N2CCC(N3CCNCC3)C2)nn1C.Cl. The van der Waals surface area contributed by atoms with Crippen molar-refractivity contribution in [2.24, 2.45) is 7.05 Å². The second-order valence-corrected chi connectivity index (χ2v) is 6.71. The van der Waals surface area contributed by atoms with Gasteiger partial charge < -0.3 is 10.2 Å². The lowest BCUT2D eigenvalue weighted by Gasteiger charge is -2.32. The number of aromatic nitrogens is 2. The third kappa shape index (κ3) is 3.87. The van der Waals surface area contributed by atoms with Crippen molar-refractivity contribution < 1.29 is 4.79 Å². The Morgan fingerprint density at radius 3 is 2.61 bits per heavy atom. The molecule has 130 valence electrons. The van der Waals surface area contributed by atoms with Crippen molar-refractivity contribution in [3.8, 4) is 0 Å². The Bertz CT molecular complexity index is 539. The molecule has 1 aromatic heterocycles. The molecule has 1 aromatic rings. The van der Waals surface area contributed by atoms with E-state index in [1.165, 1.54) is 0 Å². The second-order valence-electron chi connectivity index (χ2n) is 6.71. The van der Waals surface area contributed by atoms with E-state index >= 15 is 0 Å². The number of rotatable bonds is 3. The molecule has 0 aliphatic carbocycles. The number of piperazine rings is 1. The molecular weight excluding hydrogens is 314 g/mol. The van der Waals surface area contributed by atoms with Gasteiger partial charge in [0.25, 0.3) is 5.91 Å². The molecule has 1 unspecified atom stereocenters. The zero-order chi connectivity index (χ0) is 15.7. The summed E-state index contributed by atoms with van der Waals surface area (Å²) < 4.78 is 1.84. The van der Waals surface area contributed by atoms with E-state index in [-0.39, 0.29) is 18.3 Å². The molecule has 0 spiro atoms. The Balaban J connectivity index is 0.00000192. The van der Waals surface area contributed by atoms with Crippen molar-refractivity contribution in [2.75, 3.05) is 39.3 Å². The summed E-state index contributed by atoms with van der Waals surface area (Å²) in [7, 11) is 1.92. The number of carbonyl (C=O) groups excluding carboxylic acids is 1. The van der Waals surface area contributed by atoms with E-state index in [0.717, 1.165) is 51.4 Å². The quantitative estimate of drug-likeness (QED) is 0.894. The summed E-state index contributed by atoms with van der Waals surface area (Å²) in [6.07, 6.45) is 1.08. The summed E-state index contributed by atoms with van der Waals surface area (Å²) >= 11 is 0. The van der Waals surface area contributed by atoms with Crippen LogP contribution in [-0.4, -0.2) is 70.8 Å². The van der Waals surface area contributed by atoms with Gasteiger partial charge in [0.05, 0.1) is 0 Å². The van der Waals surface area contributed by atoms with Gasteiger partial charge in [-0.2, -0.15) is 5.10 Å². The lowest BCUT2D eigenvalue weighted by molar-refractivity contribution is 0.0767. The van der Waals surface area contributed by atoms with Gasteiger partial charge in [-0.1, -0.05) is 13.8 Å². The second kappa shape index (κ2) is 7.64. The molecule has 6 nitrogen and oxygen atoms in total. The third-order valence-corrected chi connectivity index (χ3v) is 4.85. The predicted octanol–water partition coefficient (Wildman–Crippen LogP) is 1.08. The highest BCUT2D eigenvalue weighted by molar-refractivity contribution is 5.92. The van der Waals surface area contributed by atoms with Gasteiger partial charge in [0.2, 0.25) is 0 Å². The van der Waals surface area contributed by atoms with E-state index in [4.69, 9.17) is 0 Å². The van der Waals surface area contributed by atoms with Crippen LogP contribution in [0.5, 0.6) is 0 Å². The number of aryl methyl sites for hydroxylation is 1. The molecule has 0 saturated carbocycles. The van der Waals surface area contributed by atoms with Gasteiger partial charge in [0.1, 0.15) is 0 Å². The van der Waals surface area contributed by atoms with E-state index in [1.807, 2.05) is 22.7 Å². The van der Waals surface area contributed by atoms with Crippen LogP contribution in [0.3, 0.4) is 0 Å². The van der Waals surface area contributed by atoms with Gasteiger partial charge in [-0.3, -0.25) is 14.4 Å². The first kappa shape index (κ1) is 18.2. The minimum Gasteiger partial charge on any atom is -0.336 e. The third-order valence-electron chi connectivity index (χ3n) is 4.85. The molecule has 3 rings (SSSR count). The van der Waals surface area contributed by atoms with Gasteiger partial charge >= 0.3 is 0 Å². The maximum absolute atomic E-state index is 12.7. The molecule has 7 heteroatoms. The van der Waals surface area contributed by atoms with Crippen LogP contribution in [0.25, 0.3) is 0 Å². The Hall–Kier alpha value is -1.11. The topological polar surface area (TPSA) is 53.4 Å². The van der Waals surface area contributed by atoms with E-state index in [9.17, 15) is 4.79 Å². The van der Waals surface area contributed by atoms with Crippen LogP contribution in [0.1, 0.15) is 42.4 Å². The van der Waals surface area contributed by atoms with Crippen molar-refractivity contribution in [3.05, 3.63) is 17.5 Å². The molecule has 1 atom stereocenters. The zero-order valence-corrected chi connectivity index (χ0v) is 15.1. The highest BCUT2D eigenvalue weighted by Crippen LogP contribution is 2.20. The Labute approximate surface area is 144 Å². The molecule has 2 saturated heterocycles. The van der Waals surface area contributed by atoms with Crippen LogP contribution in [0, 0.1) is 0 Å². The number of nitrogens with one attached hydrogen (secondary N) is 1. The number of likely N-dealkylation sites (tertiary alicyclic amines) is 1. The maximum Gasteiger partial charge on any atom is 0.274 e. The number of halogens is 1. The minimum absolute atomic E-state index is 0. The van der Waals surface area contributed by atoms with Crippen LogP contribution in [0.15, 0.2) is 6.07 Å². The summed E-state index contributed by atoms with van der Waals surface area (Å²) in [6, 6.07) is 2.46. The standard InChI is InChI=1S/C16H27N5O.ClH/c1-12(2)15-10-14(18-19(15)3)16(22)21-7-4-13(11-21)20-8-5-17-6-9-20;/h10,12-13,17H,4-9,11H2,1-3H3;1H. The molecule has 1 N–H and O–H groups in total. The first-order valence-electron chi connectivity index (χ1n) is 8.34. The monoisotopic (exact) mass is 341 g/mol. The molecular formula is C16H28ClN5O. The lowest BCUT2D eigenvalue weighted by Crippen LogP contribution is -2.49. The fourth-order valence-electron chi connectivity index (χ4n) is 3.56. The molecule has 2 fully saturated rings. The summed E-state index contributed by atoms with van der Waals surface area (Å²) in [5.41, 5.74) is 1.70. The number of hydrogen-bond donors (Lipinski definition) is 1. The molecule has 0 radical (unpaired) electrons. The smallest absolute Gasteiger partial charge is 0.274 e. The van der Waals surface area contributed by atoms with E-state index < -0.39 is 0 Å². The van der Waals surface area contributed by atoms with Crippen LogP contribution < -0.4 is 5.32 Å². The normalized spacial score (nSPS) is 22.4. The summed E-state index contributed by atoms with van der Waals surface area (Å²) in [5, 5.41) is 7.80. The average molecular weight is 342 g/mol. The Morgan fingerprint density at radius 2 is 2.00 bits per heavy atom. The van der Waals surface area contributed by atoms with E-state index in [2.05, 4.69) is 29.2 Å². The summed E-state index contributed by atoms with van der Waals surface area (Å²) in [6.45, 7) is 10.2. The minimum atomic E-state index is 0. The number of amides is 1. The molecule has 0 aromatic carbocycles. The van der Waals surface area contributed by atoms with Crippen molar-refractivity contribution in [1.82, 2.24) is 24.9 Å². The highest BCUT2D eigenvalue weighted by Gasteiger charge is 2.32. The fourth-order valence-corrected chi connectivity index (χ4v) is 3.56. The Kier molecular flexibility index (Phi) is 6.06. The van der Waals surface area contributed by atoms with Crippen molar-refractivity contribution in [2.45, 2.75) is 32.2 Å². The van der Waals surface area contributed by atoms with Gasteiger partial charge in [-0.25, -0.2) is 0 Å². The maximum atomic E-state index is 12.7. The van der Waals surface area contributed by atoms with Gasteiger partial charge in [0, 0.05) is 58.1 Å². The largest absolute Gasteiger partial charge is 0.336 e. The van der Waals surface area contributed by atoms with Crippen LogP contribution in [0.4, 0.5) is 0 Å². The van der Waals surface area contributed by atoms with Gasteiger partial charge in [-0.15, -0.1) is 12.4 Å². The highest BCUT2D eigenvalue weighted by atomic mass is 35.5. The van der Waals surface area contributed by atoms with Gasteiger partial charge in [-0.05, 0) is 18.4 Å². The first-order valence-corrected chi connectivity index (χ1v) is 8.34. The lowest BCUT2D eigenvalue weighted by atomic mass is 10.1. The summed E-state index contributed by atoms with van der Waals surface area (Å²) in [4.78, 5) is 17.2. The first-order chi connectivity index (χ1) is 10.6.